The maximum atomic E-state index is 12.7. The predicted molar refractivity (Wildman–Crippen MR) is 83.5 cm³/mol. The molecule has 2 aromatic heterocycles. The second-order valence-electron chi connectivity index (χ2n) is 5.66. The average molecular weight is 272 g/mol. The van der Waals surface area contributed by atoms with Gasteiger partial charge in [0.2, 0.25) is 0 Å². The Labute approximate surface area is 120 Å². The third kappa shape index (κ3) is 2.92. The maximum Gasteiger partial charge on any atom is 0.261 e. The molecule has 0 saturated carbocycles. The SMILES string of the molecule is CCCCCCc1c(C)nc2cc(C)cc(C)n2c1=O. The molecule has 3 heteroatoms. The van der Waals surface area contributed by atoms with Crippen molar-refractivity contribution in [3.8, 4) is 0 Å². The Balaban J connectivity index is 2.44. The van der Waals surface area contributed by atoms with Crippen LogP contribution in [-0.4, -0.2) is 9.38 Å². The van der Waals surface area contributed by atoms with E-state index in [2.05, 4.69) is 11.9 Å². The molecule has 108 valence electrons. The summed E-state index contributed by atoms with van der Waals surface area (Å²) in [6.45, 7) is 8.16. The minimum Gasteiger partial charge on any atom is -0.269 e. The number of hydrogen-bond donors (Lipinski definition) is 0. The van der Waals surface area contributed by atoms with E-state index in [1.165, 1.54) is 19.3 Å². The molecule has 0 N–H and O–H groups in total. The first-order chi connectivity index (χ1) is 9.54. The van der Waals surface area contributed by atoms with E-state index in [1.807, 2.05) is 32.9 Å². The lowest BCUT2D eigenvalue weighted by atomic mass is 10.1. The Morgan fingerprint density at radius 1 is 1.10 bits per heavy atom. The number of nitrogens with zero attached hydrogens (tertiary/aromatic N) is 2. The largest absolute Gasteiger partial charge is 0.269 e. The second-order valence-corrected chi connectivity index (χ2v) is 5.66. The number of aromatic nitrogens is 2. The monoisotopic (exact) mass is 272 g/mol. The van der Waals surface area contributed by atoms with Gasteiger partial charge in [-0.2, -0.15) is 0 Å². The average Bonchev–Trinajstić information content (AvgIpc) is 2.36. The highest BCUT2D eigenvalue weighted by Crippen LogP contribution is 2.12. The third-order valence-corrected chi connectivity index (χ3v) is 3.84. The zero-order valence-electron chi connectivity index (χ0n) is 13.0. The minimum absolute atomic E-state index is 0.112. The highest BCUT2D eigenvalue weighted by Gasteiger charge is 2.11. The van der Waals surface area contributed by atoms with Gasteiger partial charge in [0.25, 0.3) is 5.56 Å². The molecule has 2 rings (SSSR count). The summed E-state index contributed by atoms with van der Waals surface area (Å²) >= 11 is 0. The number of pyridine rings is 1. The highest BCUT2D eigenvalue weighted by molar-refractivity contribution is 5.45. The summed E-state index contributed by atoms with van der Waals surface area (Å²) in [4.78, 5) is 17.3. The third-order valence-electron chi connectivity index (χ3n) is 3.84. The van der Waals surface area contributed by atoms with Crippen LogP contribution in [0, 0.1) is 20.8 Å². The Kier molecular flexibility index (Phi) is 4.58. The molecule has 0 radical (unpaired) electrons. The molecule has 20 heavy (non-hydrogen) atoms. The molecule has 3 nitrogen and oxygen atoms in total. The Hall–Kier alpha value is -1.64. The van der Waals surface area contributed by atoms with Crippen molar-refractivity contribution in [3.63, 3.8) is 0 Å². The quantitative estimate of drug-likeness (QED) is 0.777. The normalized spacial score (nSPS) is 11.2. The predicted octanol–water partition coefficient (Wildman–Crippen LogP) is 3.74. The standard InChI is InChI=1S/C17H24N2O/c1-5-6-7-8-9-15-14(4)18-16-11-12(2)10-13(3)19(16)17(15)20/h10-11H,5-9H2,1-4H3. The summed E-state index contributed by atoms with van der Waals surface area (Å²) in [6.07, 6.45) is 5.55. The van der Waals surface area contributed by atoms with Gasteiger partial charge < -0.3 is 0 Å². The molecule has 0 aliphatic heterocycles. The number of unbranched alkanes of at least 4 members (excludes halogenated alkanes) is 3. The fourth-order valence-electron chi connectivity index (χ4n) is 2.78. The van der Waals surface area contributed by atoms with Crippen LogP contribution < -0.4 is 5.56 Å². The molecule has 2 heterocycles. The van der Waals surface area contributed by atoms with Crippen LogP contribution in [0.25, 0.3) is 5.65 Å². The maximum absolute atomic E-state index is 12.7. The zero-order chi connectivity index (χ0) is 14.7. The van der Waals surface area contributed by atoms with Crippen molar-refractivity contribution in [1.82, 2.24) is 9.38 Å². The van der Waals surface area contributed by atoms with Gasteiger partial charge in [0.05, 0.1) is 0 Å². The molecule has 0 aromatic carbocycles. The van der Waals surface area contributed by atoms with Crippen molar-refractivity contribution in [2.75, 3.05) is 0 Å². The number of aryl methyl sites for hydroxylation is 3. The van der Waals surface area contributed by atoms with Crippen molar-refractivity contribution in [1.29, 1.82) is 0 Å². The van der Waals surface area contributed by atoms with Crippen LogP contribution in [0.15, 0.2) is 16.9 Å². The van der Waals surface area contributed by atoms with Crippen molar-refractivity contribution < 1.29 is 0 Å². The van der Waals surface area contributed by atoms with Gasteiger partial charge in [-0.05, 0) is 51.3 Å². The Morgan fingerprint density at radius 3 is 2.55 bits per heavy atom. The summed E-state index contributed by atoms with van der Waals surface area (Å²) in [7, 11) is 0. The van der Waals surface area contributed by atoms with Gasteiger partial charge in [0, 0.05) is 17.0 Å². The minimum atomic E-state index is 0.112. The summed E-state index contributed by atoms with van der Waals surface area (Å²) in [5.41, 5.74) is 4.75. The van der Waals surface area contributed by atoms with E-state index in [0.717, 1.165) is 41.0 Å². The van der Waals surface area contributed by atoms with E-state index in [1.54, 1.807) is 4.40 Å². The van der Waals surface area contributed by atoms with Gasteiger partial charge in [0.15, 0.2) is 0 Å². The van der Waals surface area contributed by atoms with E-state index in [0.29, 0.717) is 0 Å². The van der Waals surface area contributed by atoms with Crippen LogP contribution in [-0.2, 0) is 6.42 Å². The first-order valence-corrected chi connectivity index (χ1v) is 7.54. The van der Waals surface area contributed by atoms with Crippen LogP contribution in [0.1, 0.15) is 55.1 Å². The summed E-state index contributed by atoms with van der Waals surface area (Å²) < 4.78 is 1.75. The Bertz CT molecular complexity index is 671. The van der Waals surface area contributed by atoms with Gasteiger partial charge in [-0.25, -0.2) is 4.98 Å². The number of hydrogen-bond acceptors (Lipinski definition) is 2. The molecule has 2 aromatic rings. The van der Waals surface area contributed by atoms with Crippen LogP contribution in [0.5, 0.6) is 0 Å². The van der Waals surface area contributed by atoms with Gasteiger partial charge in [-0.15, -0.1) is 0 Å². The van der Waals surface area contributed by atoms with Crippen molar-refractivity contribution >= 4 is 5.65 Å². The summed E-state index contributed by atoms with van der Waals surface area (Å²) in [6, 6.07) is 4.01. The molecular formula is C17H24N2O. The first kappa shape index (κ1) is 14.8. The number of fused-ring (bicyclic) bond motifs is 1. The summed E-state index contributed by atoms with van der Waals surface area (Å²) in [5, 5.41) is 0. The number of rotatable bonds is 5. The molecule has 0 aliphatic rings. The molecule has 0 spiro atoms. The van der Waals surface area contributed by atoms with Crippen molar-refractivity contribution in [3.05, 3.63) is 45.0 Å². The van der Waals surface area contributed by atoms with Gasteiger partial charge >= 0.3 is 0 Å². The van der Waals surface area contributed by atoms with E-state index in [-0.39, 0.29) is 5.56 Å². The van der Waals surface area contributed by atoms with E-state index >= 15 is 0 Å². The lowest BCUT2D eigenvalue weighted by Crippen LogP contribution is -2.23. The Morgan fingerprint density at radius 2 is 1.85 bits per heavy atom. The molecule has 0 fully saturated rings. The van der Waals surface area contributed by atoms with Gasteiger partial charge in [0.1, 0.15) is 5.65 Å². The second kappa shape index (κ2) is 6.21. The van der Waals surface area contributed by atoms with E-state index in [4.69, 9.17) is 0 Å². The molecule has 0 saturated heterocycles. The molecule has 0 aliphatic carbocycles. The molecule has 0 atom stereocenters. The van der Waals surface area contributed by atoms with Crippen LogP contribution in [0.3, 0.4) is 0 Å². The van der Waals surface area contributed by atoms with E-state index < -0.39 is 0 Å². The topological polar surface area (TPSA) is 34.4 Å². The first-order valence-electron chi connectivity index (χ1n) is 7.54. The lowest BCUT2D eigenvalue weighted by molar-refractivity contribution is 0.660. The van der Waals surface area contributed by atoms with Gasteiger partial charge in [-0.1, -0.05) is 26.2 Å². The molecule has 0 amide bonds. The highest BCUT2D eigenvalue weighted by atomic mass is 16.1. The smallest absolute Gasteiger partial charge is 0.261 e. The fraction of sp³-hybridized carbons (Fsp3) is 0.529. The molecule has 0 bridgehead atoms. The zero-order valence-corrected chi connectivity index (χ0v) is 13.0. The summed E-state index contributed by atoms with van der Waals surface area (Å²) in [5.74, 6) is 0. The fourth-order valence-corrected chi connectivity index (χ4v) is 2.78. The lowest BCUT2D eigenvalue weighted by Gasteiger charge is -2.11. The molecule has 0 unspecified atom stereocenters. The van der Waals surface area contributed by atoms with Crippen LogP contribution >= 0.6 is 0 Å². The van der Waals surface area contributed by atoms with Crippen molar-refractivity contribution in [2.24, 2.45) is 0 Å². The van der Waals surface area contributed by atoms with Crippen molar-refractivity contribution in [2.45, 2.75) is 59.8 Å². The van der Waals surface area contributed by atoms with Crippen LogP contribution in [0.2, 0.25) is 0 Å². The molecular weight excluding hydrogens is 248 g/mol. The van der Waals surface area contributed by atoms with Crippen LogP contribution in [0.4, 0.5) is 0 Å². The van der Waals surface area contributed by atoms with Gasteiger partial charge in [-0.3, -0.25) is 9.20 Å². The van der Waals surface area contributed by atoms with E-state index in [9.17, 15) is 4.79 Å².